The highest BCUT2D eigenvalue weighted by atomic mass is 16.5. The molecule has 1 heterocycles. The maximum absolute atomic E-state index is 11.1. The summed E-state index contributed by atoms with van der Waals surface area (Å²) in [5.74, 6) is 0.154. The van der Waals surface area contributed by atoms with E-state index in [1.54, 1.807) is 12.1 Å². The number of aliphatic hydroxyl groups is 1. The van der Waals surface area contributed by atoms with Crippen molar-refractivity contribution < 1.29 is 20.1 Å². The van der Waals surface area contributed by atoms with E-state index in [0.29, 0.717) is 25.0 Å². The predicted molar refractivity (Wildman–Crippen MR) is 111 cm³/mol. The van der Waals surface area contributed by atoms with Crippen LogP contribution in [-0.4, -0.2) is 15.3 Å². The molecule has 5 heteroatoms. The third kappa shape index (κ3) is 3.92. The fourth-order valence-corrected chi connectivity index (χ4v) is 4.04. The Morgan fingerprint density at radius 2 is 1.66 bits per heavy atom. The Balaban J connectivity index is 1.65. The highest BCUT2D eigenvalue weighted by Crippen LogP contribution is 2.44. The van der Waals surface area contributed by atoms with Crippen LogP contribution < -0.4 is 10.5 Å². The van der Waals surface area contributed by atoms with E-state index >= 15 is 0 Å². The first-order valence-corrected chi connectivity index (χ1v) is 9.77. The van der Waals surface area contributed by atoms with Crippen LogP contribution >= 0.6 is 0 Å². The Kier molecular flexibility index (Phi) is 5.18. The van der Waals surface area contributed by atoms with E-state index in [0.717, 1.165) is 16.7 Å². The summed E-state index contributed by atoms with van der Waals surface area (Å²) in [6.07, 6.45) is 1.00. The number of hydrogen-bond donors (Lipinski definition) is 4. The van der Waals surface area contributed by atoms with E-state index in [1.807, 2.05) is 54.6 Å². The van der Waals surface area contributed by atoms with Gasteiger partial charge < -0.3 is 20.1 Å². The number of nitrogens with two attached hydrogens (primary N) is 1. The van der Waals surface area contributed by atoms with Crippen molar-refractivity contribution in [2.24, 2.45) is 11.7 Å². The molecule has 3 unspecified atom stereocenters. The van der Waals surface area contributed by atoms with Crippen LogP contribution in [0.2, 0.25) is 0 Å². The molecule has 0 radical (unpaired) electrons. The number of para-hydroxylation sites is 1. The second kappa shape index (κ2) is 7.78. The summed E-state index contributed by atoms with van der Waals surface area (Å²) in [5.41, 5.74) is 8.17. The first-order valence-electron chi connectivity index (χ1n) is 9.77. The molecule has 0 aromatic heterocycles. The van der Waals surface area contributed by atoms with Gasteiger partial charge in [-0.1, -0.05) is 54.6 Å². The van der Waals surface area contributed by atoms with E-state index in [4.69, 9.17) is 10.5 Å². The Bertz CT molecular complexity index is 991. The zero-order chi connectivity index (χ0) is 20.4. The van der Waals surface area contributed by atoms with Gasteiger partial charge in [0.1, 0.15) is 5.75 Å². The normalized spacial score (nSPS) is 23.7. The van der Waals surface area contributed by atoms with Gasteiger partial charge in [-0.3, -0.25) is 5.73 Å². The molecule has 0 aliphatic carbocycles. The van der Waals surface area contributed by atoms with Crippen molar-refractivity contribution in [1.82, 2.24) is 0 Å². The summed E-state index contributed by atoms with van der Waals surface area (Å²) in [6.45, 7) is 0. The molecular formula is C24H25NO4. The highest BCUT2D eigenvalue weighted by molar-refractivity contribution is 5.41. The van der Waals surface area contributed by atoms with Gasteiger partial charge in [0.25, 0.3) is 0 Å². The number of rotatable bonds is 4. The smallest absolute Gasteiger partial charge is 0.185 e. The minimum atomic E-state index is -1.06. The molecule has 0 bridgehead atoms. The first kappa shape index (κ1) is 19.3. The van der Waals surface area contributed by atoms with Crippen LogP contribution in [0.15, 0.2) is 72.8 Å². The van der Waals surface area contributed by atoms with Crippen molar-refractivity contribution in [1.29, 1.82) is 0 Å². The number of aryl methyl sites for hydroxylation is 1. The van der Waals surface area contributed by atoms with E-state index in [-0.39, 0.29) is 17.4 Å². The zero-order valence-corrected chi connectivity index (χ0v) is 16.0. The molecule has 29 heavy (non-hydrogen) atoms. The largest absolute Gasteiger partial charge is 0.504 e. The van der Waals surface area contributed by atoms with E-state index in [2.05, 4.69) is 0 Å². The SMILES string of the molecule is NC1(c2ccccc2)CC(CCc2ccc(O)c(O)c2)C(O)c2ccccc2O1. The summed E-state index contributed by atoms with van der Waals surface area (Å²) in [7, 11) is 0. The topological polar surface area (TPSA) is 95.9 Å². The Morgan fingerprint density at radius 3 is 2.41 bits per heavy atom. The number of phenols is 2. The lowest BCUT2D eigenvalue weighted by Gasteiger charge is -2.32. The van der Waals surface area contributed by atoms with Gasteiger partial charge in [-0.05, 0) is 42.5 Å². The van der Waals surface area contributed by atoms with Gasteiger partial charge in [0, 0.05) is 17.5 Å². The van der Waals surface area contributed by atoms with Crippen LogP contribution in [0.1, 0.15) is 35.6 Å². The molecule has 4 rings (SSSR count). The Hall–Kier alpha value is -3.02. The number of fused-ring (bicyclic) bond motifs is 1. The molecule has 5 N–H and O–H groups in total. The number of hydrogen-bond acceptors (Lipinski definition) is 5. The third-order valence-corrected chi connectivity index (χ3v) is 5.65. The average molecular weight is 391 g/mol. The van der Waals surface area contributed by atoms with Crippen LogP contribution in [0.25, 0.3) is 0 Å². The first-order chi connectivity index (χ1) is 14.0. The Morgan fingerprint density at radius 1 is 0.931 bits per heavy atom. The molecule has 1 aliphatic heterocycles. The lowest BCUT2D eigenvalue weighted by atomic mass is 9.83. The molecule has 0 saturated heterocycles. The van der Waals surface area contributed by atoms with Crippen LogP contribution in [0.4, 0.5) is 0 Å². The maximum atomic E-state index is 11.1. The second-order valence-electron chi connectivity index (χ2n) is 7.67. The number of aromatic hydroxyl groups is 2. The van der Waals surface area contributed by atoms with Gasteiger partial charge in [0.05, 0.1) is 6.10 Å². The fourth-order valence-electron chi connectivity index (χ4n) is 4.04. The van der Waals surface area contributed by atoms with Crippen molar-refractivity contribution in [3.63, 3.8) is 0 Å². The molecule has 150 valence electrons. The highest BCUT2D eigenvalue weighted by Gasteiger charge is 2.40. The summed E-state index contributed by atoms with van der Waals surface area (Å²) in [4.78, 5) is 0. The molecule has 3 aromatic carbocycles. The van der Waals surface area contributed by atoms with Gasteiger partial charge >= 0.3 is 0 Å². The lowest BCUT2D eigenvalue weighted by molar-refractivity contribution is 0.0260. The number of aliphatic hydroxyl groups excluding tert-OH is 1. The maximum Gasteiger partial charge on any atom is 0.185 e. The van der Waals surface area contributed by atoms with Crippen LogP contribution in [0.3, 0.4) is 0 Å². The molecule has 3 aromatic rings. The molecule has 0 spiro atoms. The molecule has 5 nitrogen and oxygen atoms in total. The summed E-state index contributed by atoms with van der Waals surface area (Å²) >= 11 is 0. The number of ether oxygens (including phenoxy) is 1. The predicted octanol–water partition coefficient (Wildman–Crippen LogP) is 3.97. The van der Waals surface area contributed by atoms with Crippen molar-refractivity contribution in [2.45, 2.75) is 31.1 Å². The van der Waals surface area contributed by atoms with Gasteiger partial charge in [-0.2, -0.15) is 0 Å². The second-order valence-corrected chi connectivity index (χ2v) is 7.67. The zero-order valence-electron chi connectivity index (χ0n) is 16.0. The van der Waals surface area contributed by atoms with Crippen molar-refractivity contribution in [2.75, 3.05) is 0 Å². The van der Waals surface area contributed by atoms with Gasteiger partial charge in [0.2, 0.25) is 0 Å². The monoisotopic (exact) mass is 391 g/mol. The minimum Gasteiger partial charge on any atom is -0.504 e. The number of phenolic OH excluding ortho intramolecular Hbond substituents is 2. The van der Waals surface area contributed by atoms with Crippen molar-refractivity contribution in [3.05, 3.63) is 89.5 Å². The molecule has 0 amide bonds. The van der Waals surface area contributed by atoms with Gasteiger partial charge in [-0.25, -0.2) is 0 Å². The summed E-state index contributed by atoms with van der Waals surface area (Å²) in [6, 6.07) is 21.9. The molecule has 3 atom stereocenters. The molecule has 0 saturated carbocycles. The van der Waals surface area contributed by atoms with E-state index in [1.165, 1.54) is 6.07 Å². The van der Waals surface area contributed by atoms with Crippen LogP contribution in [-0.2, 0) is 12.1 Å². The molecule has 1 aliphatic rings. The Labute approximate surface area is 170 Å². The van der Waals surface area contributed by atoms with Gasteiger partial charge in [-0.15, -0.1) is 0 Å². The van der Waals surface area contributed by atoms with Crippen molar-refractivity contribution >= 4 is 0 Å². The van der Waals surface area contributed by atoms with Crippen LogP contribution in [0.5, 0.6) is 17.2 Å². The van der Waals surface area contributed by atoms with Crippen molar-refractivity contribution in [3.8, 4) is 17.2 Å². The third-order valence-electron chi connectivity index (χ3n) is 5.65. The van der Waals surface area contributed by atoms with E-state index < -0.39 is 11.8 Å². The summed E-state index contributed by atoms with van der Waals surface area (Å²) in [5, 5.41) is 30.4. The molecule has 0 fully saturated rings. The van der Waals surface area contributed by atoms with Crippen LogP contribution in [0, 0.1) is 5.92 Å². The standard InChI is InChI=1S/C24H25NO4/c25-24(18-6-2-1-3-7-18)15-17(12-10-16-11-13-20(26)21(27)14-16)23(28)19-8-4-5-9-22(19)29-24/h1-9,11,13-14,17,23,26-28H,10,12,15,25H2. The lowest BCUT2D eigenvalue weighted by Crippen LogP contribution is -2.44. The van der Waals surface area contributed by atoms with E-state index in [9.17, 15) is 15.3 Å². The molecular weight excluding hydrogens is 366 g/mol. The minimum absolute atomic E-state index is 0.143. The number of benzene rings is 3. The van der Waals surface area contributed by atoms with Gasteiger partial charge in [0.15, 0.2) is 17.2 Å². The fraction of sp³-hybridized carbons (Fsp3) is 0.250. The quantitative estimate of drug-likeness (QED) is 0.505. The average Bonchev–Trinajstić information content (AvgIpc) is 2.84. The summed E-state index contributed by atoms with van der Waals surface area (Å²) < 4.78 is 6.26.